The summed E-state index contributed by atoms with van der Waals surface area (Å²) in [5.74, 6) is 0.467. The highest BCUT2D eigenvalue weighted by Gasteiger charge is 2.39. The second-order valence-electron chi connectivity index (χ2n) is 7.21. The zero-order chi connectivity index (χ0) is 14.2. The molecule has 0 aromatic carbocycles. The van der Waals surface area contributed by atoms with Crippen molar-refractivity contribution in [1.29, 1.82) is 0 Å². The first-order valence-electron chi connectivity index (χ1n) is 7.51. The van der Waals surface area contributed by atoms with Crippen LogP contribution in [0, 0.1) is 5.92 Å². The second kappa shape index (κ2) is 5.31. The number of ether oxygens (including phenoxy) is 1. The van der Waals surface area contributed by atoms with Gasteiger partial charge in [0.05, 0.1) is 6.04 Å². The highest BCUT2D eigenvalue weighted by Crippen LogP contribution is 2.30. The monoisotopic (exact) mass is 268 g/mol. The normalized spacial score (nSPS) is 25.8. The molecule has 1 aliphatic carbocycles. The van der Waals surface area contributed by atoms with E-state index in [0.29, 0.717) is 5.92 Å². The van der Waals surface area contributed by atoms with Crippen molar-refractivity contribution in [3.8, 4) is 0 Å². The van der Waals surface area contributed by atoms with Gasteiger partial charge in [0.1, 0.15) is 5.60 Å². The Labute approximate surface area is 117 Å². The molecule has 19 heavy (non-hydrogen) atoms. The van der Waals surface area contributed by atoms with Gasteiger partial charge in [-0.2, -0.15) is 0 Å². The maximum absolute atomic E-state index is 12.3. The van der Waals surface area contributed by atoms with Crippen molar-refractivity contribution in [2.24, 2.45) is 5.92 Å². The minimum Gasteiger partial charge on any atom is -0.444 e. The predicted molar refractivity (Wildman–Crippen MR) is 76.2 cm³/mol. The fraction of sp³-hybridized carbons (Fsp3) is 0.933. The quantitative estimate of drug-likeness (QED) is 0.772. The lowest BCUT2D eigenvalue weighted by molar-refractivity contribution is -0.0107. The molecule has 1 saturated heterocycles. The summed E-state index contributed by atoms with van der Waals surface area (Å²) in [6, 6.07) is 1.06. The largest absolute Gasteiger partial charge is 0.444 e. The summed E-state index contributed by atoms with van der Waals surface area (Å²) in [7, 11) is 0. The van der Waals surface area contributed by atoms with Crippen LogP contribution >= 0.6 is 0 Å². The first-order valence-corrected chi connectivity index (χ1v) is 7.51. The van der Waals surface area contributed by atoms with Gasteiger partial charge >= 0.3 is 6.09 Å². The molecule has 2 fully saturated rings. The molecular weight excluding hydrogens is 240 g/mol. The number of carbonyl (C=O) groups excluding carboxylic acids is 1. The van der Waals surface area contributed by atoms with Crippen LogP contribution in [0.1, 0.15) is 47.5 Å². The molecule has 0 spiro atoms. The van der Waals surface area contributed by atoms with Crippen molar-refractivity contribution in [2.45, 2.75) is 65.1 Å². The minimum absolute atomic E-state index is 0.151. The molecule has 4 nitrogen and oxygen atoms in total. The van der Waals surface area contributed by atoms with Gasteiger partial charge in [0.15, 0.2) is 0 Å². The van der Waals surface area contributed by atoms with Crippen molar-refractivity contribution in [3.63, 3.8) is 0 Å². The molecule has 2 rings (SSSR count). The van der Waals surface area contributed by atoms with E-state index < -0.39 is 5.60 Å². The van der Waals surface area contributed by atoms with Gasteiger partial charge in [-0.05, 0) is 39.5 Å². The molecule has 1 atom stereocenters. The zero-order valence-corrected chi connectivity index (χ0v) is 13.0. The average molecular weight is 268 g/mol. The summed E-state index contributed by atoms with van der Waals surface area (Å²) in [5, 5.41) is 0. The number of carbonyl (C=O) groups is 1. The zero-order valence-electron chi connectivity index (χ0n) is 13.0. The fourth-order valence-electron chi connectivity index (χ4n) is 2.72. The number of rotatable bonds is 2. The highest BCUT2D eigenvalue weighted by atomic mass is 16.6. The van der Waals surface area contributed by atoms with Gasteiger partial charge in [-0.15, -0.1) is 0 Å². The Bertz CT molecular complexity index is 332. The third-order valence-electron chi connectivity index (χ3n) is 3.91. The summed E-state index contributed by atoms with van der Waals surface area (Å²) in [6.07, 6.45) is 2.51. The standard InChI is InChI=1S/C15H28N2O2/c1-11(2)13-10-16(12-6-7-12)8-9-17(13)14(18)19-15(3,4)5/h11-13H,6-10H2,1-5H3. The molecule has 0 aromatic rings. The van der Waals surface area contributed by atoms with Crippen molar-refractivity contribution in [1.82, 2.24) is 9.80 Å². The Morgan fingerprint density at radius 1 is 1.21 bits per heavy atom. The molecule has 1 saturated carbocycles. The van der Waals surface area contributed by atoms with Gasteiger partial charge in [-0.25, -0.2) is 4.79 Å². The van der Waals surface area contributed by atoms with Crippen LogP contribution in [0.15, 0.2) is 0 Å². The van der Waals surface area contributed by atoms with Gasteiger partial charge in [-0.1, -0.05) is 13.8 Å². The molecule has 1 amide bonds. The lowest BCUT2D eigenvalue weighted by Crippen LogP contribution is -2.58. The van der Waals surface area contributed by atoms with Gasteiger partial charge in [0.25, 0.3) is 0 Å². The van der Waals surface area contributed by atoms with E-state index >= 15 is 0 Å². The molecule has 0 radical (unpaired) electrons. The van der Waals surface area contributed by atoms with Crippen LogP contribution in [-0.4, -0.2) is 53.2 Å². The van der Waals surface area contributed by atoms with E-state index in [1.54, 1.807) is 0 Å². The first-order chi connectivity index (χ1) is 8.78. The molecule has 0 aromatic heterocycles. The topological polar surface area (TPSA) is 32.8 Å². The summed E-state index contributed by atoms with van der Waals surface area (Å²) in [5.41, 5.74) is -0.410. The van der Waals surface area contributed by atoms with E-state index in [0.717, 1.165) is 25.7 Å². The molecule has 1 unspecified atom stereocenters. The lowest BCUT2D eigenvalue weighted by atomic mass is 10.00. The number of hydrogen-bond donors (Lipinski definition) is 0. The Morgan fingerprint density at radius 2 is 1.84 bits per heavy atom. The van der Waals surface area contributed by atoms with E-state index in [-0.39, 0.29) is 12.1 Å². The van der Waals surface area contributed by atoms with E-state index in [4.69, 9.17) is 4.74 Å². The van der Waals surface area contributed by atoms with E-state index in [9.17, 15) is 4.79 Å². The van der Waals surface area contributed by atoms with Crippen molar-refractivity contribution < 1.29 is 9.53 Å². The molecule has 0 N–H and O–H groups in total. The smallest absolute Gasteiger partial charge is 0.410 e. The predicted octanol–water partition coefficient (Wildman–Crippen LogP) is 2.73. The molecule has 4 heteroatoms. The van der Waals surface area contributed by atoms with Gasteiger partial charge in [0, 0.05) is 25.7 Å². The molecule has 2 aliphatic rings. The van der Waals surface area contributed by atoms with Crippen LogP contribution in [0.25, 0.3) is 0 Å². The average Bonchev–Trinajstić information content (AvgIpc) is 3.09. The molecule has 0 bridgehead atoms. The number of piperazine rings is 1. The SMILES string of the molecule is CC(C)C1CN(C2CC2)CCN1C(=O)OC(C)(C)C. The minimum atomic E-state index is -0.410. The first kappa shape index (κ1) is 14.6. The number of hydrogen-bond acceptors (Lipinski definition) is 3. The summed E-state index contributed by atoms with van der Waals surface area (Å²) in [4.78, 5) is 16.8. The molecule has 1 heterocycles. The van der Waals surface area contributed by atoms with Crippen molar-refractivity contribution in [3.05, 3.63) is 0 Å². The maximum Gasteiger partial charge on any atom is 0.410 e. The van der Waals surface area contributed by atoms with Crippen molar-refractivity contribution in [2.75, 3.05) is 19.6 Å². The van der Waals surface area contributed by atoms with E-state index in [1.807, 2.05) is 25.7 Å². The van der Waals surface area contributed by atoms with Crippen LogP contribution in [0.3, 0.4) is 0 Å². The number of amides is 1. The third kappa shape index (κ3) is 3.85. The van der Waals surface area contributed by atoms with Gasteiger partial charge in [0.2, 0.25) is 0 Å². The highest BCUT2D eigenvalue weighted by molar-refractivity contribution is 5.68. The van der Waals surface area contributed by atoms with Crippen LogP contribution in [0.5, 0.6) is 0 Å². The third-order valence-corrected chi connectivity index (χ3v) is 3.91. The summed E-state index contributed by atoms with van der Waals surface area (Å²) in [6.45, 7) is 13.0. The van der Waals surface area contributed by atoms with Gasteiger partial charge < -0.3 is 9.64 Å². The van der Waals surface area contributed by atoms with E-state index in [2.05, 4.69) is 18.7 Å². The van der Waals surface area contributed by atoms with E-state index in [1.165, 1.54) is 12.8 Å². The van der Waals surface area contributed by atoms with Crippen LogP contribution in [0.4, 0.5) is 4.79 Å². The van der Waals surface area contributed by atoms with Crippen LogP contribution in [0.2, 0.25) is 0 Å². The second-order valence-corrected chi connectivity index (χ2v) is 7.21. The molecule has 110 valence electrons. The Kier molecular flexibility index (Phi) is 4.09. The van der Waals surface area contributed by atoms with Gasteiger partial charge in [-0.3, -0.25) is 4.90 Å². The van der Waals surface area contributed by atoms with Crippen LogP contribution in [-0.2, 0) is 4.74 Å². The molecular formula is C15H28N2O2. The maximum atomic E-state index is 12.3. The Hall–Kier alpha value is -0.770. The summed E-state index contributed by atoms with van der Waals surface area (Å²) >= 11 is 0. The number of nitrogens with zero attached hydrogens (tertiary/aromatic N) is 2. The summed E-state index contributed by atoms with van der Waals surface area (Å²) < 4.78 is 5.54. The lowest BCUT2D eigenvalue weighted by Gasteiger charge is -2.43. The van der Waals surface area contributed by atoms with Crippen LogP contribution < -0.4 is 0 Å². The molecule has 1 aliphatic heterocycles. The van der Waals surface area contributed by atoms with Crippen molar-refractivity contribution >= 4 is 6.09 Å². The Balaban J connectivity index is 2.00. The fourth-order valence-corrected chi connectivity index (χ4v) is 2.72. The Morgan fingerprint density at radius 3 is 2.32 bits per heavy atom.